The smallest absolute Gasteiger partial charge is 0.223 e. The molecule has 0 bridgehead atoms. The molecule has 0 aliphatic heterocycles. The van der Waals surface area contributed by atoms with Crippen LogP contribution in [0.25, 0.3) is 0 Å². The Morgan fingerprint density at radius 1 is 1.47 bits per heavy atom. The minimum Gasteiger partial charge on any atom is -0.353 e. The van der Waals surface area contributed by atoms with Crippen molar-refractivity contribution in [3.63, 3.8) is 0 Å². The lowest BCUT2D eigenvalue weighted by molar-refractivity contribution is -0.124. The molecule has 1 aromatic rings. The third-order valence-corrected chi connectivity index (χ3v) is 4.41. The molecule has 1 heterocycles. The van der Waals surface area contributed by atoms with Gasteiger partial charge in [0, 0.05) is 33.9 Å². The van der Waals surface area contributed by atoms with Gasteiger partial charge in [-0.3, -0.25) is 4.79 Å². The van der Waals surface area contributed by atoms with E-state index < -0.39 is 0 Å². The van der Waals surface area contributed by atoms with Crippen LogP contribution >= 0.6 is 23.1 Å². The molecular formula is C13H21NOS2. The Morgan fingerprint density at radius 3 is 2.71 bits per heavy atom. The van der Waals surface area contributed by atoms with Gasteiger partial charge in [0.25, 0.3) is 0 Å². The number of amides is 1. The van der Waals surface area contributed by atoms with Gasteiger partial charge in [-0.2, -0.15) is 11.8 Å². The van der Waals surface area contributed by atoms with Crippen LogP contribution in [0.1, 0.15) is 23.6 Å². The molecule has 4 heteroatoms. The summed E-state index contributed by atoms with van der Waals surface area (Å²) in [5.74, 6) is 1.15. The van der Waals surface area contributed by atoms with Crippen molar-refractivity contribution >= 4 is 29.0 Å². The zero-order valence-electron chi connectivity index (χ0n) is 10.9. The molecule has 1 N–H and O–H groups in total. The number of hydrogen-bond acceptors (Lipinski definition) is 3. The third-order valence-electron chi connectivity index (χ3n) is 2.56. The standard InChI is InChI=1S/C13H21NOS2/c1-9(8-16-4)13(15)14-10(2)7-12-6-5-11(3)17-12/h5-6,9-10H,7-8H2,1-4H3,(H,14,15)/t9-,10+/m0/s1. The molecule has 2 atom stereocenters. The van der Waals surface area contributed by atoms with Gasteiger partial charge in [0.2, 0.25) is 5.91 Å². The summed E-state index contributed by atoms with van der Waals surface area (Å²) in [5, 5.41) is 3.08. The maximum absolute atomic E-state index is 11.8. The Bertz CT molecular complexity index is 362. The van der Waals surface area contributed by atoms with Crippen LogP contribution in [0.2, 0.25) is 0 Å². The maximum Gasteiger partial charge on any atom is 0.223 e. The van der Waals surface area contributed by atoms with Crippen LogP contribution in [-0.2, 0) is 11.2 Å². The number of aryl methyl sites for hydroxylation is 1. The first-order valence-corrected chi connectivity index (χ1v) is 8.08. The zero-order chi connectivity index (χ0) is 12.8. The molecule has 96 valence electrons. The van der Waals surface area contributed by atoms with Crippen molar-refractivity contribution in [3.8, 4) is 0 Å². The van der Waals surface area contributed by atoms with Gasteiger partial charge in [0.1, 0.15) is 0 Å². The molecule has 0 aliphatic rings. The van der Waals surface area contributed by atoms with Gasteiger partial charge in [0.05, 0.1) is 0 Å². The summed E-state index contributed by atoms with van der Waals surface area (Å²) < 4.78 is 0. The fraction of sp³-hybridized carbons (Fsp3) is 0.615. The summed E-state index contributed by atoms with van der Waals surface area (Å²) in [5.41, 5.74) is 0. The van der Waals surface area contributed by atoms with Crippen molar-refractivity contribution in [2.45, 2.75) is 33.2 Å². The largest absolute Gasteiger partial charge is 0.353 e. The first-order chi connectivity index (χ1) is 8.02. The van der Waals surface area contributed by atoms with E-state index in [9.17, 15) is 4.79 Å². The molecule has 0 aliphatic carbocycles. The normalized spacial score (nSPS) is 14.4. The quantitative estimate of drug-likeness (QED) is 0.861. The van der Waals surface area contributed by atoms with E-state index in [1.54, 1.807) is 23.1 Å². The Kier molecular flexibility index (Phi) is 6.06. The number of hydrogen-bond donors (Lipinski definition) is 1. The lowest BCUT2D eigenvalue weighted by atomic mass is 10.1. The first-order valence-electron chi connectivity index (χ1n) is 5.87. The summed E-state index contributed by atoms with van der Waals surface area (Å²) in [7, 11) is 0. The highest BCUT2D eigenvalue weighted by Crippen LogP contribution is 2.16. The predicted molar refractivity (Wildman–Crippen MR) is 77.9 cm³/mol. The highest BCUT2D eigenvalue weighted by Gasteiger charge is 2.15. The number of thiophene rings is 1. The molecule has 0 radical (unpaired) electrons. The molecule has 17 heavy (non-hydrogen) atoms. The Hall–Kier alpha value is -0.480. The van der Waals surface area contributed by atoms with E-state index in [0.29, 0.717) is 0 Å². The molecule has 1 rings (SSSR count). The minimum absolute atomic E-state index is 0.0949. The van der Waals surface area contributed by atoms with Crippen molar-refractivity contribution in [3.05, 3.63) is 21.9 Å². The summed E-state index contributed by atoms with van der Waals surface area (Å²) in [6.45, 7) is 6.16. The van der Waals surface area contributed by atoms with Crippen LogP contribution in [0, 0.1) is 12.8 Å². The SMILES string of the molecule is CSC[C@H](C)C(=O)N[C@H](C)Cc1ccc(C)s1. The molecule has 0 spiro atoms. The van der Waals surface area contributed by atoms with Crippen LogP contribution in [-0.4, -0.2) is 24.0 Å². The lowest BCUT2D eigenvalue weighted by Gasteiger charge is -2.16. The van der Waals surface area contributed by atoms with E-state index in [4.69, 9.17) is 0 Å². The van der Waals surface area contributed by atoms with Gasteiger partial charge >= 0.3 is 0 Å². The summed E-state index contributed by atoms with van der Waals surface area (Å²) in [4.78, 5) is 14.5. The van der Waals surface area contributed by atoms with Crippen molar-refractivity contribution in [2.75, 3.05) is 12.0 Å². The predicted octanol–water partition coefficient (Wildman–Crippen LogP) is 3.10. The zero-order valence-corrected chi connectivity index (χ0v) is 12.6. The average molecular weight is 271 g/mol. The number of carbonyl (C=O) groups excluding carboxylic acids is 1. The first kappa shape index (κ1) is 14.6. The van der Waals surface area contributed by atoms with Gasteiger partial charge in [-0.05, 0) is 32.2 Å². The van der Waals surface area contributed by atoms with Crippen molar-refractivity contribution in [1.82, 2.24) is 5.32 Å². The van der Waals surface area contributed by atoms with Crippen LogP contribution in [0.4, 0.5) is 0 Å². The molecule has 1 amide bonds. The van der Waals surface area contributed by atoms with Crippen LogP contribution in [0.5, 0.6) is 0 Å². The van der Waals surface area contributed by atoms with Gasteiger partial charge in [-0.25, -0.2) is 0 Å². The van der Waals surface area contributed by atoms with Crippen molar-refractivity contribution < 1.29 is 4.79 Å². The van der Waals surface area contributed by atoms with Crippen molar-refractivity contribution in [1.29, 1.82) is 0 Å². The van der Waals surface area contributed by atoms with Crippen molar-refractivity contribution in [2.24, 2.45) is 5.92 Å². The highest BCUT2D eigenvalue weighted by molar-refractivity contribution is 7.98. The number of thioether (sulfide) groups is 1. The van der Waals surface area contributed by atoms with E-state index in [-0.39, 0.29) is 17.9 Å². The summed E-state index contributed by atoms with van der Waals surface area (Å²) >= 11 is 3.52. The Morgan fingerprint density at radius 2 is 2.18 bits per heavy atom. The van der Waals surface area contributed by atoms with Crippen LogP contribution in [0.15, 0.2) is 12.1 Å². The van der Waals surface area contributed by atoms with Gasteiger partial charge in [-0.15, -0.1) is 11.3 Å². The topological polar surface area (TPSA) is 29.1 Å². The molecule has 0 saturated carbocycles. The molecule has 0 saturated heterocycles. The fourth-order valence-electron chi connectivity index (χ4n) is 1.66. The average Bonchev–Trinajstić information content (AvgIpc) is 2.64. The van der Waals surface area contributed by atoms with E-state index in [0.717, 1.165) is 12.2 Å². The number of rotatable bonds is 6. The molecule has 2 nitrogen and oxygen atoms in total. The number of nitrogens with one attached hydrogen (secondary N) is 1. The highest BCUT2D eigenvalue weighted by atomic mass is 32.2. The Labute approximate surface area is 112 Å². The molecule has 0 fully saturated rings. The fourth-order valence-corrected chi connectivity index (χ4v) is 3.33. The second-order valence-electron chi connectivity index (χ2n) is 4.48. The van der Waals surface area contributed by atoms with Gasteiger partial charge in [-0.1, -0.05) is 6.92 Å². The molecule has 0 aromatic carbocycles. The van der Waals surface area contributed by atoms with Gasteiger partial charge < -0.3 is 5.32 Å². The van der Waals surface area contributed by atoms with Crippen LogP contribution < -0.4 is 5.32 Å². The molecule has 0 unspecified atom stereocenters. The maximum atomic E-state index is 11.8. The summed E-state index contributed by atoms with van der Waals surface area (Å²) in [6.07, 6.45) is 2.96. The molecule has 1 aromatic heterocycles. The number of carbonyl (C=O) groups is 1. The Balaban J connectivity index is 2.38. The third kappa shape index (κ3) is 5.13. The summed E-state index contributed by atoms with van der Waals surface area (Å²) in [6, 6.07) is 4.49. The van der Waals surface area contributed by atoms with Gasteiger partial charge in [0.15, 0.2) is 0 Å². The molecular weight excluding hydrogens is 250 g/mol. The second-order valence-corrected chi connectivity index (χ2v) is 6.77. The minimum atomic E-state index is 0.0949. The van der Waals surface area contributed by atoms with E-state index >= 15 is 0 Å². The van der Waals surface area contributed by atoms with E-state index in [1.807, 2.05) is 13.2 Å². The lowest BCUT2D eigenvalue weighted by Crippen LogP contribution is -2.38. The second kappa shape index (κ2) is 7.07. The monoisotopic (exact) mass is 271 g/mol. The van der Waals surface area contributed by atoms with E-state index in [1.165, 1.54) is 9.75 Å². The van der Waals surface area contributed by atoms with E-state index in [2.05, 4.69) is 31.3 Å². The van der Waals surface area contributed by atoms with Crippen LogP contribution in [0.3, 0.4) is 0 Å².